The lowest BCUT2D eigenvalue weighted by molar-refractivity contribution is 0.419. The van der Waals surface area contributed by atoms with E-state index in [1.54, 1.807) is 56.8 Å². The Bertz CT molecular complexity index is 1120. The van der Waals surface area contributed by atoms with Crippen molar-refractivity contribution in [1.29, 1.82) is 0 Å². The van der Waals surface area contributed by atoms with E-state index in [1.807, 2.05) is 6.07 Å². The van der Waals surface area contributed by atoms with E-state index in [9.17, 15) is 4.39 Å². The maximum absolute atomic E-state index is 14.3. The number of hydrogen-bond donors (Lipinski definition) is 1. The highest BCUT2D eigenvalue weighted by molar-refractivity contribution is 5.97. The second-order valence-corrected chi connectivity index (χ2v) is 5.81. The first-order valence-corrected chi connectivity index (χ1v) is 8.31. The van der Waals surface area contributed by atoms with Gasteiger partial charge in [-0.15, -0.1) is 5.10 Å². The van der Waals surface area contributed by atoms with E-state index < -0.39 is 0 Å². The number of hydrogen-bond acceptors (Lipinski definition) is 6. The zero-order chi connectivity index (χ0) is 18.8. The first-order valence-electron chi connectivity index (χ1n) is 8.31. The average Bonchev–Trinajstić information content (AvgIpc) is 2.73. The molecule has 0 spiro atoms. The van der Waals surface area contributed by atoms with Crippen LogP contribution in [0.5, 0.6) is 5.75 Å². The van der Waals surface area contributed by atoms with Crippen molar-refractivity contribution in [3.8, 4) is 28.4 Å². The van der Waals surface area contributed by atoms with Gasteiger partial charge in [0.1, 0.15) is 28.6 Å². The Kier molecular flexibility index (Phi) is 4.33. The molecule has 0 unspecified atom stereocenters. The fourth-order valence-electron chi connectivity index (χ4n) is 2.93. The topological polar surface area (TPSA) is 72.8 Å². The summed E-state index contributed by atoms with van der Waals surface area (Å²) in [5.41, 5.74) is 2.33. The van der Waals surface area contributed by atoms with Gasteiger partial charge in [-0.25, -0.2) is 14.4 Å². The molecule has 2 aromatic carbocycles. The molecule has 4 aromatic rings. The summed E-state index contributed by atoms with van der Waals surface area (Å²) in [4.78, 5) is 9.16. The Morgan fingerprint density at radius 2 is 1.89 bits per heavy atom. The normalized spacial score (nSPS) is 10.8. The van der Waals surface area contributed by atoms with Gasteiger partial charge < -0.3 is 10.1 Å². The summed E-state index contributed by atoms with van der Waals surface area (Å²) < 4.78 is 19.8. The Hall–Kier alpha value is -3.61. The van der Waals surface area contributed by atoms with Gasteiger partial charge in [-0.3, -0.25) is 0 Å². The summed E-state index contributed by atoms with van der Waals surface area (Å²) in [5, 5.41) is 11.8. The SMILES string of the molecule is CNc1nc(-c2cccnn2)nc2c(OC)cc(-c3ccccc3F)cc12. The van der Waals surface area contributed by atoms with Crippen molar-refractivity contribution in [2.45, 2.75) is 0 Å². The number of ether oxygens (including phenoxy) is 1. The predicted molar refractivity (Wildman–Crippen MR) is 102 cm³/mol. The van der Waals surface area contributed by atoms with E-state index in [0.717, 1.165) is 5.39 Å². The first-order chi connectivity index (χ1) is 13.2. The number of nitrogens with one attached hydrogen (secondary N) is 1. The zero-order valence-corrected chi connectivity index (χ0v) is 14.8. The number of methoxy groups -OCH3 is 1. The molecule has 1 N–H and O–H groups in total. The quantitative estimate of drug-likeness (QED) is 0.593. The third-order valence-electron chi connectivity index (χ3n) is 4.21. The molecule has 6 nitrogen and oxygen atoms in total. The van der Waals surface area contributed by atoms with Gasteiger partial charge in [-0.1, -0.05) is 18.2 Å². The number of nitrogens with zero attached hydrogens (tertiary/aromatic N) is 4. The van der Waals surface area contributed by atoms with Crippen LogP contribution in [0.3, 0.4) is 0 Å². The van der Waals surface area contributed by atoms with Gasteiger partial charge in [0, 0.05) is 24.2 Å². The summed E-state index contributed by atoms with van der Waals surface area (Å²) >= 11 is 0. The van der Waals surface area contributed by atoms with Crippen molar-refractivity contribution in [2.75, 3.05) is 19.5 Å². The molecule has 7 heteroatoms. The minimum Gasteiger partial charge on any atom is -0.494 e. The summed E-state index contributed by atoms with van der Waals surface area (Å²) in [7, 11) is 3.33. The first kappa shape index (κ1) is 16.8. The largest absolute Gasteiger partial charge is 0.494 e. The monoisotopic (exact) mass is 361 g/mol. The maximum atomic E-state index is 14.3. The molecule has 0 atom stereocenters. The molecule has 0 bridgehead atoms. The van der Waals surface area contributed by atoms with Crippen molar-refractivity contribution in [3.63, 3.8) is 0 Å². The van der Waals surface area contributed by atoms with E-state index in [0.29, 0.717) is 39.7 Å². The van der Waals surface area contributed by atoms with Gasteiger partial charge in [0.15, 0.2) is 5.82 Å². The van der Waals surface area contributed by atoms with Gasteiger partial charge in [0.05, 0.1) is 7.11 Å². The third kappa shape index (κ3) is 3.03. The van der Waals surface area contributed by atoms with E-state index in [-0.39, 0.29) is 5.82 Å². The molecule has 27 heavy (non-hydrogen) atoms. The van der Waals surface area contributed by atoms with Gasteiger partial charge in [0.25, 0.3) is 0 Å². The van der Waals surface area contributed by atoms with E-state index in [2.05, 4.69) is 25.5 Å². The summed E-state index contributed by atoms with van der Waals surface area (Å²) in [6.45, 7) is 0. The Labute approximate surface area is 155 Å². The smallest absolute Gasteiger partial charge is 0.182 e. The summed E-state index contributed by atoms with van der Waals surface area (Å²) in [6.07, 6.45) is 1.59. The molecule has 2 heterocycles. The molecule has 2 aromatic heterocycles. The highest BCUT2D eigenvalue weighted by Crippen LogP contribution is 2.36. The Morgan fingerprint density at radius 1 is 1.04 bits per heavy atom. The molecule has 0 aliphatic carbocycles. The van der Waals surface area contributed by atoms with Crippen molar-refractivity contribution >= 4 is 16.7 Å². The molecule has 0 fully saturated rings. The van der Waals surface area contributed by atoms with Crippen molar-refractivity contribution in [2.24, 2.45) is 0 Å². The second kappa shape index (κ2) is 6.95. The van der Waals surface area contributed by atoms with Crippen LogP contribution < -0.4 is 10.1 Å². The molecule has 0 aliphatic rings. The van der Waals surface area contributed by atoms with E-state index in [1.165, 1.54) is 6.07 Å². The van der Waals surface area contributed by atoms with Gasteiger partial charge in [-0.05, 0) is 35.9 Å². The van der Waals surface area contributed by atoms with Crippen molar-refractivity contribution in [3.05, 3.63) is 60.5 Å². The Morgan fingerprint density at radius 3 is 2.59 bits per heavy atom. The molecular weight excluding hydrogens is 345 g/mol. The summed E-state index contributed by atoms with van der Waals surface area (Å²) in [6, 6.07) is 13.8. The highest BCUT2D eigenvalue weighted by atomic mass is 19.1. The maximum Gasteiger partial charge on any atom is 0.182 e. The fourth-order valence-corrected chi connectivity index (χ4v) is 2.93. The zero-order valence-electron chi connectivity index (χ0n) is 14.8. The van der Waals surface area contributed by atoms with Crippen molar-refractivity contribution in [1.82, 2.24) is 20.2 Å². The number of rotatable bonds is 4. The minimum atomic E-state index is -0.304. The van der Waals surface area contributed by atoms with Crippen LogP contribution in [0.2, 0.25) is 0 Å². The minimum absolute atomic E-state index is 0.304. The van der Waals surface area contributed by atoms with Crippen LogP contribution in [-0.4, -0.2) is 34.3 Å². The summed E-state index contributed by atoms with van der Waals surface area (Å²) in [5.74, 6) is 1.24. The number of fused-ring (bicyclic) bond motifs is 1. The highest BCUT2D eigenvalue weighted by Gasteiger charge is 2.16. The van der Waals surface area contributed by atoms with Crippen LogP contribution in [0.1, 0.15) is 0 Å². The van der Waals surface area contributed by atoms with Gasteiger partial charge in [-0.2, -0.15) is 5.10 Å². The van der Waals surface area contributed by atoms with Crippen LogP contribution in [0, 0.1) is 5.82 Å². The van der Waals surface area contributed by atoms with Crippen LogP contribution in [0.15, 0.2) is 54.7 Å². The average molecular weight is 361 g/mol. The van der Waals surface area contributed by atoms with E-state index >= 15 is 0 Å². The molecular formula is C20H16FN5O. The fraction of sp³-hybridized carbons (Fsp3) is 0.100. The van der Waals surface area contributed by atoms with Gasteiger partial charge in [0.2, 0.25) is 0 Å². The number of benzene rings is 2. The molecule has 0 radical (unpaired) electrons. The molecule has 4 rings (SSSR count). The lowest BCUT2D eigenvalue weighted by Gasteiger charge is -2.13. The molecule has 0 saturated heterocycles. The molecule has 134 valence electrons. The van der Waals surface area contributed by atoms with Crippen LogP contribution in [-0.2, 0) is 0 Å². The molecule has 0 amide bonds. The van der Waals surface area contributed by atoms with E-state index in [4.69, 9.17) is 4.74 Å². The lowest BCUT2D eigenvalue weighted by Crippen LogP contribution is -2.02. The Balaban J connectivity index is 1.99. The predicted octanol–water partition coefficient (Wildman–Crippen LogP) is 3.94. The number of halogens is 1. The van der Waals surface area contributed by atoms with Gasteiger partial charge >= 0.3 is 0 Å². The van der Waals surface area contributed by atoms with Crippen LogP contribution >= 0.6 is 0 Å². The molecule has 0 saturated carbocycles. The molecule has 0 aliphatic heterocycles. The third-order valence-corrected chi connectivity index (χ3v) is 4.21. The standard InChI is InChI=1S/C20H16FN5O/c1-22-19-14-10-12(13-6-3-4-7-15(13)21)11-17(27-2)18(14)24-20(25-19)16-8-5-9-23-26-16/h3-11H,1-2H3,(H,22,24,25). The van der Waals surface area contributed by atoms with Crippen LogP contribution in [0.25, 0.3) is 33.5 Å². The van der Waals surface area contributed by atoms with Crippen molar-refractivity contribution < 1.29 is 9.13 Å². The lowest BCUT2D eigenvalue weighted by atomic mass is 10.0. The second-order valence-electron chi connectivity index (χ2n) is 5.81. The van der Waals surface area contributed by atoms with Crippen LogP contribution in [0.4, 0.5) is 10.2 Å². The number of anilines is 1. The number of aromatic nitrogens is 4.